The summed E-state index contributed by atoms with van der Waals surface area (Å²) in [5, 5.41) is 20.2. The molecular formula is C38H52N8O13S. The first-order valence-corrected chi connectivity index (χ1v) is 20.9. The minimum atomic E-state index is -3.62. The van der Waals surface area contributed by atoms with Crippen LogP contribution in [-0.2, 0) is 42.8 Å². The van der Waals surface area contributed by atoms with Gasteiger partial charge in [0.25, 0.3) is 10.1 Å². The molecule has 0 bridgehead atoms. The Bertz CT molecular complexity index is 1940. The maximum absolute atomic E-state index is 12.4. The summed E-state index contributed by atoms with van der Waals surface area (Å²) in [6.07, 6.45) is -0.198. The Labute approximate surface area is 348 Å². The van der Waals surface area contributed by atoms with E-state index in [1.54, 1.807) is 53.4 Å². The van der Waals surface area contributed by atoms with E-state index in [1.165, 1.54) is 19.1 Å². The highest BCUT2D eigenvalue weighted by Crippen LogP contribution is 2.24. The Kier molecular flexibility index (Phi) is 17.6. The van der Waals surface area contributed by atoms with Gasteiger partial charge in [0.2, 0.25) is 0 Å². The number of hydrogen-bond acceptors (Lipinski definition) is 17. The summed E-state index contributed by atoms with van der Waals surface area (Å²) in [6, 6.07) is 13.0. The van der Waals surface area contributed by atoms with E-state index in [1.807, 2.05) is 0 Å². The zero-order valence-corrected chi connectivity index (χ0v) is 34.8. The SMILES string of the molecule is CCCCOC(=O)CCN1CCN(CC2CN(c3ccc(C(=N)NC(=O)OC)cc3)C(=O)O2)CC1.COC(=O)NC(=N)c1ccc(N2CC(COS(C)(=O)=O)OC2=O)cc1. The van der Waals surface area contributed by atoms with Gasteiger partial charge in [0, 0.05) is 61.8 Å². The number of carbonyl (C=O) groups is 5. The number of anilines is 2. The van der Waals surface area contributed by atoms with Crippen molar-refractivity contribution in [1.29, 1.82) is 10.8 Å². The van der Waals surface area contributed by atoms with Crippen molar-refractivity contribution < 1.29 is 60.3 Å². The normalized spacial score (nSPS) is 18.1. The third kappa shape index (κ3) is 14.8. The van der Waals surface area contributed by atoms with Gasteiger partial charge in [-0.15, -0.1) is 0 Å². The summed E-state index contributed by atoms with van der Waals surface area (Å²) in [4.78, 5) is 65.9. The lowest BCUT2D eigenvalue weighted by atomic mass is 10.1. The molecule has 0 saturated carbocycles. The maximum atomic E-state index is 12.4. The fourth-order valence-corrected chi connectivity index (χ4v) is 6.45. The van der Waals surface area contributed by atoms with Crippen molar-refractivity contribution in [3.05, 3.63) is 59.7 Å². The summed E-state index contributed by atoms with van der Waals surface area (Å²) in [5.74, 6) is -0.372. The largest absolute Gasteiger partial charge is 0.466 e. The van der Waals surface area contributed by atoms with Crippen molar-refractivity contribution in [3.8, 4) is 0 Å². The number of nitrogens with one attached hydrogen (secondary N) is 4. The van der Waals surface area contributed by atoms with Gasteiger partial charge >= 0.3 is 30.3 Å². The van der Waals surface area contributed by atoms with Gasteiger partial charge in [-0.2, -0.15) is 8.42 Å². The molecule has 0 radical (unpaired) electrons. The average Bonchev–Trinajstić information content (AvgIpc) is 3.80. The maximum Gasteiger partial charge on any atom is 0.414 e. The minimum absolute atomic E-state index is 0.0854. The van der Waals surface area contributed by atoms with Crippen molar-refractivity contribution in [1.82, 2.24) is 20.4 Å². The number of alkyl carbamates (subject to hydrolysis) is 2. The number of piperazine rings is 1. The molecule has 2 unspecified atom stereocenters. The topological polar surface area (TPSA) is 260 Å². The molecule has 2 aromatic carbocycles. The molecule has 3 aliphatic rings. The molecule has 3 saturated heterocycles. The molecule has 328 valence electrons. The Balaban J connectivity index is 0.000000280. The summed E-state index contributed by atoms with van der Waals surface area (Å²) in [6.45, 7) is 7.66. The number of methoxy groups -OCH3 is 2. The lowest BCUT2D eigenvalue weighted by Gasteiger charge is -2.35. The highest BCUT2D eigenvalue weighted by Gasteiger charge is 2.35. The molecule has 3 aliphatic heterocycles. The monoisotopic (exact) mass is 860 g/mol. The quantitative estimate of drug-likeness (QED) is 0.0501. The van der Waals surface area contributed by atoms with Crippen LogP contribution in [0.2, 0.25) is 0 Å². The number of cyclic esters (lactones) is 2. The number of amides is 4. The Hall–Kier alpha value is -5.84. The summed E-state index contributed by atoms with van der Waals surface area (Å²) < 4.78 is 51.4. The zero-order valence-electron chi connectivity index (χ0n) is 34.0. The number of nitrogens with zero attached hydrogens (tertiary/aromatic N) is 4. The number of ether oxygens (including phenoxy) is 5. The number of amidine groups is 2. The van der Waals surface area contributed by atoms with Crippen LogP contribution in [0.25, 0.3) is 0 Å². The third-order valence-corrected chi connectivity index (χ3v) is 9.86. The van der Waals surface area contributed by atoms with E-state index in [9.17, 15) is 32.4 Å². The molecule has 2 atom stereocenters. The van der Waals surface area contributed by atoms with Gasteiger partial charge in [0.1, 0.15) is 30.5 Å². The number of hydrogen-bond donors (Lipinski definition) is 4. The molecule has 0 aliphatic carbocycles. The number of benzene rings is 2. The smallest absolute Gasteiger partial charge is 0.414 e. The molecule has 4 amide bonds. The second kappa shape index (κ2) is 22.5. The van der Waals surface area contributed by atoms with Crippen LogP contribution in [0.3, 0.4) is 0 Å². The molecule has 4 N–H and O–H groups in total. The fraction of sp³-hybridized carbons (Fsp3) is 0.500. The standard InChI is InChI=1S/C24H35N5O6.C14H17N3O7S/c1-3-4-15-34-21(30)9-10-27-11-13-28(14-12-27)16-20-17-29(24(32)35-20)19-7-5-18(6-8-19)22(25)26-23(31)33-2;1-22-13(18)16-12(15)9-3-5-10(6-4-9)17-7-11(24-14(17)19)8-23-25(2,20)21/h5-8,20H,3-4,9-17H2,1-2H3,(H2,25,26,31);3-6,11H,7-8H2,1-2H3,(H2,15,16,18). The molecule has 3 fully saturated rings. The molecule has 5 rings (SSSR count). The van der Waals surface area contributed by atoms with E-state index in [0.717, 1.165) is 45.3 Å². The van der Waals surface area contributed by atoms with Crippen LogP contribution in [0.15, 0.2) is 48.5 Å². The van der Waals surface area contributed by atoms with Gasteiger partial charge < -0.3 is 28.6 Å². The van der Waals surface area contributed by atoms with Gasteiger partial charge in [-0.1, -0.05) is 13.3 Å². The van der Waals surface area contributed by atoms with E-state index in [0.29, 0.717) is 55.2 Å². The lowest BCUT2D eigenvalue weighted by Crippen LogP contribution is -2.49. The average molecular weight is 861 g/mol. The summed E-state index contributed by atoms with van der Waals surface area (Å²) >= 11 is 0. The Morgan fingerprint density at radius 1 is 0.767 bits per heavy atom. The van der Waals surface area contributed by atoms with E-state index in [4.69, 9.17) is 25.0 Å². The minimum Gasteiger partial charge on any atom is -0.466 e. The molecule has 0 spiro atoms. The van der Waals surface area contributed by atoms with Crippen LogP contribution in [0.4, 0.5) is 30.6 Å². The third-order valence-electron chi connectivity index (χ3n) is 9.30. The molecule has 0 aromatic heterocycles. The van der Waals surface area contributed by atoms with Crippen LogP contribution in [0, 0.1) is 10.8 Å². The summed E-state index contributed by atoms with van der Waals surface area (Å²) in [5.41, 5.74) is 2.08. The van der Waals surface area contributed by atoms with Crippen molar-refractivity contribution in [2.75, 3.05) is 95.8 Å². The number of unbranched alkanes of at least 4 members (excludes halogenated alkanes) is 1. The molecule has 21 nitrogen and oxygen atoms in total. The lowest BCUT2D eigenvalue weighted by molar-refractivity contribution is -0.144. The second-order valence-corrected chi connectivity index (χ2v) is 15.4. The van der Waals surface area contributed by atoms with Gasteiger partial charge in [-0.05, 0) is 55.0 Å². The van der Waals surface area contributed by atoms with E-state index in [-0.39, 0.29) is 36.9 Å². The molecule has 3 heterocycles. The predicted molar refractivity (Wildman–Crippen MR) is 217 cm³/mol. The van der Waals surface area contributed by atoms with Gasteiger partial charge in [-0.3, -0.25) is 45.1 Å². The van der Waals surface area contributed by atoms with Crippen LogP contribution >= 0.6 is 0 Å². The van der Waals surface area contributed by atoms with Crippen LogP contribution < -0.4 is 20.4 Å². The van der Waals surface area contributed by atoms with E-state index in [2.05, 4.69) is 41.0 Å². The summed E-state index contributed by atoms with van der Waals surface area (Å²) in [7, 11) is -1.20. The zero-order chi connectivity index (χ0) is 43.8. The number of carbonyl (C=O) groups excluding carboxylic acids is 5. The van der Waals surface area contributed by atoms with Crippen LogP contribution in [0.5, 0.6) is 0 Å². The van der Waals surface area contributed by atoms with Crippen LogP contribution in [-0.4, -0.2) is 158 Å². The van der Waals surface area contributed by atoms with Crippen molar-refractivity contribution >= 4 is 63.5 Å². The first-order chi connectivity index (χ1) is 28.6. The fourth-order valence-electron chi connectivity index (χ4n) is 6.05. The highest BCUT2D eigenvalue weighted by atomic mass is 32.2. The van der Waals surface area contributed by atoms with Gasteiger partial charge in [0.15, 0.2) is 0 Å². The van der Waals surface area contributed by atoms with E-state index >= 15 is 0 Å². The molecule has 60 heavy (non-hydrogen) atoms. The molecular weight excluding hydrogens is 809 g/mol. The molecule has 2 aromatic rings. The van der Waals surface area contributed by atoms with Gasteiger partial charge in [-0.25, -0.2) is 19.2 Å². The van der Waals surface area contributed by atoms with Crippen molar-refractivity contribution in [2.24, 2.45) is 0 Å². The van der Waals surface area contributed by atoms with Crippen molar-refractivity contribution in [2.45, 2.75) is 38.4 Å². The first-order valence-electron chi connectivity index (χ1n) is 19.1. The van der Waals surface area contributed by atoms with E-state index < -0.39 is 40.6 Å². The molecule has 22 heteroatoms. The second-order valence-electron chi connectivity index (χ2n) is 13.8. The first kappa shape index (κ1) is 46.8. The predicted octanol–water partition coefficient (Wildman–Crippen LogP) is 2.71. The Morgan fingerprint density at radius 3 is 1.70 bits per heavy atom. The number of esters is 1. The highest BCUT2D eigenvalue weighted by molar-refractivity contribution is 7.85. The number of rotatable bonds is 15. The van der Waals surface area contributed by atoms with Gasteiger partial charge in [0.05, 0.1) is 46.6 Å². The van der Waals surface area contributed by atoms with Crippen LogP contribution in [0.1, 0.15) is 37.3 Å². The van der Waals surface area contributed by atoms with Crippen molar-refractivity contribution in [3.63, 3.8) is 0 Å². The Morgan fingerprint density at radius 2 is 1.23 bits per heavy atom.